The van der Waals surface area contributed by atoms with E-state index in [1.165, 1.54) is 0 Å². The molecule has 0 radical (unpaired) electrons. The average Bonchev–Trinajstić information content (AvgIpc) is 2.42. The van der Waals surface area contributed by atoms with Crippen LogP contribution in [0.2, 0.25) is 0 Å². The highest BCUT2D eigenvalue weighted by molar-refractivity contribution is 5.95. The van der Waals surface area contributed by atoms with Crippen LogP contribution in [0.1, 0.15) is 24.2 Å². The minimum atomic E-state index is 0.0161. The predicted molar refractivity (Wildman–Crippen MR) is 80.0 cm³/mol. The van der Waals surface area contributed by atoms with Gasteiger partial charge in [-0.2, -0.15) is 0 Å². The number of ether oxygens (including phenoxy) is 1. The molecule has 0 aromatic heterocycles. The van der Waals surface area contributed by atoms with Gasteiger partial charge in [0.25, 0.3) is 5.91 Å². The van der Waals surface area contributed by atoms with Gasteiger partial charge in [-0.1, -0.05) is 0 Å². The Balaban J connectivity index is 2.21. The van der Waals surface area contributed by atoms with E-state index < -0.39 is 0 Å². The molecule has 5 nitrogen and oxygen atoms in total. The van der Waals surface area contributed by atoms with Crippen molar-refractivity contribution in [3.05, 3.63) is 23.8 Å². The number of carbonyl (C=O) groups is 1. The number of hydrogen-bond acceptors (Lipinski definition) is 4. The van der Waals surface area contributed by atoms with Crippen LogP contribution in [0.5, 0.6) is 5.75 Å². The van der Waals surface area contributed by atoms with E-state index in [0.717, 1.165) is 13.1 Å². The number of anilines is 1. The Hall–Kier alpha value is -1.75. The normalized spacial score (nSPS) is 23.7. The maximum atomic E-state index is 12.6. The van der Waals surface area contributed by atoms with Crippen LogP contribution in [0.25, 0.3) is 0 Å². The summed E-state index contributed by atoms with van der Waals surface area (Å²) in [6.07, 6.45) is 0. The van der Waals surface area contributed by atoms with Crippen LogP contribution in [-0.4, -0.2) is 55.0 Å². The standard InChI is InChI=1S/C15H23N3O2/c1-10-8-18(9-11(2)17(10)3)15(19)12-5-13(16)7-14(6-12)20-4/h5-7,10-11H,8-9,16H2,1-4H3. The highest BCUT2D eigenvalue weighted by atomic mass is 16.5. The third-order valence-corrected chi connectivity index (χ3v) is 4.06. The smallest absolute Gasteiger partial charge is 0.254 e. The second-order valence-corrected chi connectivity index (χ2v) is 5.57. The molecule has 0 saturated carbocycles. The molecule has 0 bridgehead atoms. The zero-order valence-electron chi connectivity index (χ0n) is 12.6. The Labute approximate surface area is 120 Å². The van der Waals surface area contributed by atoms with E-state index in [0.29, 0.717) is 29.1 Å². The molecule has 2 atom stereocenters. The lowest BCUT2D eigenvalue weighted by Gasteiger charge is -2.42. The number of hydrogen-bond donors (Lipinski definition) is 1. The SMILES string of the molecule is COc1cc(N)cc(C(=O)N2CC(C)N(C)C(C)C2)c1. The quantitative estimate of drug-likeness (QED) is 0.831. The number of nitrogens with zero attached hydrogens (tertiary/aromatic N) is 2. The number of benzene rings is 1. The van der Waals surface area contributed by atoms with Crippen LogP contribution < -0.4 is 10.5 Å². The van der Waals surface area contributed by atoms with Crippen molar-refractivity contribution in [3.8, 4) is 5.75 Å². The van der Waals surface area contributed by atoms with Gasteiger partial charge < -0.3 is 15.4 Å². The number of carbonyl (C=O) groups excluding carboxylic acids is 1. The monoisotopic (exact) mass is 277 g/mol. The van der Waals surface area contributed by atoms with E-state index in [1.807, 2.05) is 4.90 Å². The minimum absolute atomic E-state index is 0.0161. The van der Waals surface area contributed by atoms with Crippen molar-refractivity contribution in [1.29, 1.82) is 0 Å². The molecule has 2 N–H and O–H groups in total. The van der Waals surface area contributed by atoms with Crippen molar-refractivity contribution in [2.24, 2.45) is 0 Å². The Kier molecular flexibility index (Phi) is 4.18. The molecular formula is C15H23N3O2. The molecule has 1 aliphatic rings. The fourth-order valence-corrected chi connectivity index (χ4v) is 2.62. The van der Waals surface area contributed by atoms with E-state index in [9.17, 15) is 4.79 Å². The zero-order chi connectivity index (χ0) is 14.9. The summed E-state index contributed by atoms with van der Waals surface area (Å²) >= 11 is 0. The fourth-order valence-electron chi connectivity index (χ4n) is 2.62. The van der Waals surface area contributed by atoms with Crippen LogP contribution in [0.3, 0.4) is 0 Å². The largest absolute Gasteiger partial charge is 0.497 e. The summed E-state index contributed by atoms with van der Waals surface area (Å²) in [6.45, 7) is 5.74. The summed E-state index contributed by atoms with van der Waals surface area (Å²) < 4.78 is 5.17. The Morgan fingerprint density at radius 3 is 2.40 bits per heavy atom. The number of methoxy groups -OCH3 is 1. The van der Waals surface area contributed by atoms with E-state index in [1.54, 1.807) is 25.3 Å². The predicted octanol–water partition coefficient (Wildman–Crippen LogP) is 1.44. The Morgan fingerprint density at radius 1 is 1.25 bits per heavy atom. The zero-order valence-corrected chi connectivity index (χ0v) is 12.6. The Bertz CT molecular complexity index is 492. The molecule has 1 aliphatic heterocycles. The number of rotatable bonds is 2. The van der Waals surface area contributed by atoms with E-state index in [-0.39, 0.29) is 5.91 Å². The van der Waals surface area contributed by atoms with Crippen LogP contribution in [0, 0.1) is 0 Å². The number of nitrogens with two attached hydrogens (primary N) is 1. The maximum Gasteiger partial charge on any atom is 0.254 e. The topological polar surface area (TPSA) is 58.8 Å². The Morgan fingerprint density at radius 2 is 1.85 bits per heavy atom. The van der Waals surface area contributed by atoms with E-state index in [4.69, 9.17) is 10.5 Å². The first-order chi connectivity index (χ1) is 9.42. The molecule has 0 aliphatic carbocycles. The number of nitrogen functional groups attached to an aromatic ring is 1. The molecule has 1 saturated heterocycles. The van der Waals surface area contributed by atoms with E-state index >= 15 is 0 Å². The van der Waals surface area contributed by atoms with Crippen molar-refractivity contribution < 1.29 is 9.53 Å². The van der Waals surface area contributed by atoms with Gasteiger partial charge in [0.1, 0.15) is 5.75 Å². The molecular weight excluding hydrogens is 254 g/mol. The molecule has 2 rings (SSSR count). The van der Waals surface area contributed by atoms with Gasteiger partial charge >= 0.3 is 0 Å². The van der Waals surface area contributed by atoms with Crippen molar-refractivity contribution in [1.82, 2.24) is 9.80 Å². The second-order valence-electron chi connectivity index (χ2n) is 5.57. The molecule has 1 amide bonds. The number of piperazine rings is 1. The number of likely N-dealkylation sites (N-methyl/N-ethyl adjacent to an activating group) is 1. The lowest BCUT2D eigenvalue weighted by atomic mass is 10.1. The van der Waals surface area contributed by atoms with Gasteiger partial charge in [-0.15, -0.1) is 0 Å². The van der Waals surface area contributed by atoms with Crippen LogP contribution in [-0.2, 0) is 0 Å². The van der Waals surface area contributed by atoms with Gasteiger partial charge in [-0.05, 0) is 33.0 Å². The highest BCUT2D eigenvalue weighted by Crippen LogP contribution is 2.22. The highest BCUT2D eigenvalue weighted by Gasteiger charge is 2.29. The fraction of sp³-hybridized carbons (Fsp3) is 0.533. The van der Waals surface area contributed by atoms with Gasteiger partial charge in [0.15, 0.2) is 0 Å². The molecule has 2 unspecified atom stereocenters. The van der Waals surface area contributed by atoms with Crippen molar-refractivity contribution in [3.63, 3.8) is 0 Å². The van der Waals surface area contributed by atoms with Gasteiger partial charge in [0.2, 0.25) is 0 Å². The molecule has 110 valence electrons. The van der Waals surface area contributed by atoms with Crippen LogP contribution >= 0.6 is 0 Å². The van der Waals surface area contributed by atoms with Crippen molar-refractivity contribution in [2.45, 2.75) is 25.9 Å². The molecule has 20 heavy (non-hydrogen) atoms. The number of amides is 1. The molecule has 5 heteroatoms. The summed E-state index contributed by atoms with van der Waals surface area (Å²) in [5, 5.41) is 0. The molecule has 1 aromatic carbocycles. The van der Waals surface area contributed by atoms with Crippen LogP contribution in [0.4, 0.5) is 5.69 Å². The average molecular weight is 277 g/mol. The summed E-state index contributed by atoms with van der Waals surface area (Å²) in [7, 11) is 3.67. The minimum Gasteiger partial charge on any atom is -0.497 e. The van der Waals surface area contributed by atoms with Crippen molar-refractivity contribution in [2.75, 3.05) is 33.0 Å². The summed E-state index contributed by atoms with van der Waals surface area (Å²) in [5.41, 5.74) is 6.95. The first kappa shape index (κ1) is 14.7. The van der Waals surface area contributed by atoms with Gasteiger partial charge in [-0.25, -0.2) is 0 Å². The first-order valence-corrected chi connectivity index (χ1v) is 6.88. The molecule has 1 fully saturated rings. The van der Waals surface area contributed by atoms with Crippen LogP contribution in [0.15, 0.2) is 18.2 Å². The molecule has 1 heterocycles. The summed E-state index contributed by atoms with van der Waals surface area (Å²) in [5.74, 6) is 0.631. The van der Waals surface area contributed by atoms with Gasteiger partial charge in [-0.3, -0.25) is 9.69 Å². The van der Waals surface area contributed by atoms with E-state index in [2.05, 4.69) is 25.8 Å². The lowest BCUT2D eigenvalue weighted by Crippen LogP contribution is -2.56. The second kappa shape index (κ2) is 5.71. The third kappa shape index (κ3) is 2.88. The molecule has 0 spiro atoms. The summed E-state index contributed by atoms with van der Waals surface area (Å²) in [6, 6.07) is 5.87. The third-order valence-electron chi connectivity index (χ3n) is 4.06. The van der Waals surface area contributed by atoms with Gasteiger partial charge in [0, 0.05) is 42.5 Å². The summed E-state index contributed by atoms with van der Waals surface area (Å²) in [4.78, 5) is 16.8. The van der Waals surface area contributed by atoms with Crippen molar-refractivity contribution >= 4 is 11.6 Å². The lowest BCUT2D eigenvalue weighted by molar-refractivity contribution is 0.0414. The maximum absolute atomic E-state index is 12.6. The van der Waals surface area contributed by atoms with Gasteiger partial charge in [0.05, 0.1) is 7.11 Å². The first-order valence-electron chi connectivity index (χ1n) is 6.88. The molecule has 1 aromatic rings.